The predicted molar refractivity (Wildman–Crippen MR) is 67.3 cm³/mol. The van der Waals surface area contributed by atoms with E-state index in [1.54, 1.807) is 0 Å². The van der Waals surface area contributed by atoms with Crippen LogP contribution in [0.15, 0.2) is 24.3 Å². The molecule has 1 atom stereocenters. The van der Waals surface area contributed by atoms with E-state index in [1.807, 2.05) is 0 Å². The Morgan fingerprint density at radius 3 is 2.10 bits per heavy atom. The number of alkyl halides is 3. The van der Waals surface area contributed by atoms with E-state index in [4.69, 9.17) is 0 Å². The minimum absolute atomic E-state index is 0.0971. The Balaban J connectivity index is 2.83. The zero-order valence-corrected chi connectivity index (χ0v) is 11.6. The molecule has 0 fully saturated rings. The number of benzene rings is 1. The third-order valence-corrected chi connectivity index (χ3v) is 2.94. The molecule has 0 saturated carbocycles. The summed E-state index contributed by atoms with van der Waals surface area (Å²) < 4.78 is 46.4. The second kappa shape index (κ2) is 7.10. The van der Waals surface area contributed by atoms with Crippen LogP contribution in [0.1, 0.15) is 17.5 Å². The van der Waals surface area contributed by atoms with Gasteiger partial charge >= 0.3 is 18.1 Å². The molecule has 1 unspecified atom stereocenters. The Kier molecular flexibility index (Phi) is 5.75. The molecule has 0 aliphatic rings. The Bertz CT molecular complexity index is 494. The van der Waals surface area contributed by atoms with Crippen LogP contribution in [0.3, 0.4) is 0 Å². The van der Waals surface area contributed by atoms with Gasteiger partial charge in [-0.3, -0.25) is 9.59 Å². The average molecular weight is 304 g/mol. The van der Waals surface area contributed by atoms with Gasteiger partial charge in [0.05, 0.1) is 32.1 Å². The van der Waals surface area contributed by atoms with Gasteiger partial charge in [0.2, 0.25) is 0 Å². The topological polar surface area (TPSA) is 52.6 Å². The van der Waals surface area contributed by atoms with Gasteiger partial charge in [0, 0.05) is 0 Å². The fourth-order valence-electron chi connectivity index (χ4n) is 1.80. The summed E-state index contributed by atoms with van der Waals surface area (Å²) in [4.78, 5) is 22.8. The fourth-order valence-corrected chi connectivity index (χ4v) is 1.80. The van der Waals surface area contributed by atoms with E-state index in [-0.39, 0.29) is 12.8 Å². The maximum atomic E-state index is 12.4. The number of methoxy groups -OCH3 is 2. The molecule has 116 valence electrons. The van der Waals surface area contributed by atoms with Crippen LogP contribution in [0.25, 0.3) is 0 Å². The Labute approximate surface area is 119 Å². The van der Waals surface area contributed by atoms with Gasteiger partial charge in [-0.15, -0.1) is 0 Å². The highest BCUT2D eigenvalue weighted by molar-refractivity contribution is 5.80. The number of carbonyl (C=O) groups excluding carboxylic acids is 2. The molecular weight excluding hydrogens is 289 g/mol. The van der Waals surface area contributed by atoms with Gasteiger partial charge in [-0.05, 0) is 24.1 Å². The molecule has 0 heterocycles. The molecule has 0 aromatic heterocycles. The number of carbonyl (C=O) groups is 2. The van der Waals surface area contributed by atoms with E-state index in [9.17, 15) is 22.8 Å². The highest BCUT2D eigenvalue weighted by Crippen LogP contribution is 2.29. The van der Waals surface area contributed by atoms with Crippen molar-refractivity contribution in [3.8, 4) is 0 Å². The van der Waals surface area contributed by atoms with Crippen molar-refractivity contribution in [3.05, 3.63) is 35.4 Å². The molecule has 0 aliphatic heterocycles. The van der Waals surface area contributed by atoms with Crippen molar-refractivity contribution in [2.24, 2.45) is 5.92 Å². The van der Waals surface area contributed by atoms with E-state index in [0.717, 1.165) is 12.1 Å². The fraction of sp³-hybridized carbons (Fsp3) is 0.429. The number of rotatable bonds is 5. The lowest BCUT2D eigenvalue weighted by molar-refractivity contribution is -0.152. The molecule has 0 spiro atoms. The van der Waals surface area contributed by atoms with Gasteiger partial charge in [-0.25, -0.2) is 0 Å². The zero-order chi connectivity index (χ0) is 16.0. The summed E-state index contributed by atoms with van der Waals surface area (Å²) in [6.45, 7) is 0. The number of ether oxygens (including phenoxy) is 2. The number of hydrogen-bond acceptors (Lipinski definition) is 4. The summed E-state index contributed by atoms with van der Waals surface area (Å²) in [5.74, 6) is -1.99. The second-order valence-corrected chi connectivity index (χ2v) is 4.40. The maximum Gasteiger partial charge on any atom is 0.416 e. The van der Waals surface area contributed by atoms with Crippen molar-refractivity contribution in [1.29, 1.82) is 0 Å². The maximum absolute atomic E-state index is 12.4. The lowest BCUT2D eigenvalue weighted by Crippen LogP contribution is -2.22. The molecule has 0 saturated heterocycles. The summed E-state index contributed by atoms with van der Waals surface area (Å²) in [5.41, 5.74) is -0.267. The van der Waals surface area contributed by atoms with Crippen molar-refractivity contribution in [1.82, 2.24) is 0 Å². The van der Waals surface area contributed by atoms with Crippen molar-refractivity contribution in [2.75, 3.05) is 14.2 Å². The van der Waals surface area contributed by atoms with E-state index >= 15 is 0 Å². The lowest BCUT2D eigenvalue weighted by Gasteiger charge is -2.14. The van der Waals surface area contributed by atoms with Crippen LogP contribution >= 0.6 is 0 Å². The standard InChI is InChI=1S/C14H15F3O4/c1-20-12(18)8-10(13(19)21-2)7-9-3-5-11(6-4-9)14(15,16)17/h3-6,10H,7-8H2,1-2H3. The van der Waals surface area contributed by atoms with Gasteiger partial charge in [0.15, 0.2) is 0 Å². The first kappa shape index (κ1) is 17.0. The third kappa shape index (κ3) is 5.09. The molecule has 0 bridgehead atoms. The molecule has 0 radical (unpaired) electrons. The predicted octanol–water partition coefficient (Wildman–Crippen LogP) is 2.60. The van der Waals surface area contributed by atoms with Crippen LogP contribution in [0, 0.1) is 5.92 Å². The molecule has 1 aromatic rings. The minimum atomic E-state index is -4.41. The molecule has 1 rings (SSSR count). The lowest BCUT2D eigenvalue weighted by atomic mass is 9.95. The molecule has 4 nitrogen and oxygen atoms in total. The molecule has 0 amide bonds. The molecule has 0 N–H and O–H groups in total. The largest absolute Gasteiger partial charge is 0.469 e. The van der Waals surface area contributed by atoms with Gasteiger partial charge in [0.1, 0.15) is 0 Å². The number of hydrogen-bond donors (Lipinski definition) is 0. The second-order valence-electron chi connectivity index (χ2n) is 4.40. The molecule has 7 heteroatoms. The number of halogens is 3. The van der Waals surface area contributed by atoms with Crippen LogP contribution in [0.5, 0.6) is 0 Å². The number of esters is 2. The van der Waals surface area contributed by atoms with Crippen molar-refractivity contribution < 1.29 is 32.2 Å². The Morgan fingerprint density at radius 1 is 1.10 bits per heavy atom. The first-order chi connectivity index (χ1) is 9.77. The summed E-state index contributed by atoms with van der Waals surface area (Å²) in [6.07, 6.45) is -4.50. The summed E-state index contributed by atoms with van der Waals surface area (Å²) >= 11 is 0. The van der Waals surface area contributed by atoms with Crippen LogP contribution in [0.4, 0.5) is 13.2 Å². The monoisotopic (exact) mass is 304 g/mol. The first-order valence-corrected chi connectivity index (χ1v) is 6.08. The van der Waals surface area contributed by atoms with Crippen LogP contribution < -0.4 is 0 Å². The highest BCUT2D eigenvalue weighted by atomic mass is 19.4. The Hall–Kier alpha value is -2.05. The third-order valence-electron chi connectivity index (χ3n) is 2.94. The van der Waals surface area contributed by atoms with Crippen LogP contribution in [-0.2, 0) is 31.7 Å². The average Bonchev–Trinajstić information content (AvgIpc) is 2.45. The normalized spacial score (nSPS) is 12.6. The van der Waals surface area contributed by atoms with Gasteiger partial charge < -0.3 is 9.47 Å². The quantitative estimate of drug-likeness (QED) is 0.785. The molecule has 21 heavy (non-hydrogen) atoms. The minimum Gasteiger partial charge on any atom is -0.469 e. The highest BCUT2D eigenvalue weighted by Gasteiger charge is 2.30. The summed E-state index contributed by atoms with van der Waals surface area (Å²) in [5, 5.41) is 0. The van der Waals surface area contributed by atoms with E-state index in [0.29, 0.717) is 5.56 Å². The molecule has 1 aromatic carbocycles. The Morgan fingerprint density at radius 2 is 1.67 bits per heavy atom. The zero-order valence-electron chi connectivity index (χ0n) is 11.6. The SMILES string of the molecule is COC(=O)CC(Cc1ccc(C(F)(F)F)cc1)C(=O)OC. The summed E-state index contributed by atoms with van der Waals surface area (Å²) in [6, 6.07) is 4.41. The molecule has 0 aliphatic carbocycles. The molecular formula is C14H15F3O4. The summed E-state index contributed by atoms with van der Waals surface area (Å²) in [7, 11) is 2.37. The van der Waals surface area contributed by atoms with Crippen LogP contribution in [-0.4, -0.2) is 26.2 Å². The van der Waals surface area contributed by atoms with Gasteiger partial charge in [0.25, 0.3) is 0 Å². The van der Waals surface area contributed by atoms with Crippen molar-refractivity contribution in [2.45, 2.75) is 19.0 Å². The van der Waals surface area contributed by atoms with E-state index < -0.39 is 29.6 Å². The van der Waals surface area contributed by atoms with Crippen molar-refractivity contribution in [3.63, 3.8) is 0 Å². The first-order valence-electron chi connectivity index (χ1n) is 6.08. The van der Waals surface area contributed by atoms with Crippen LogP contribution in [0.2, 0.25) is 0 Å². The van der Waals surface area contributed by atoms with Gasteiger partial charge in [-0.2, -0.15) is 13.2 Å². The van der Waals surface area contributed by atoms with Crippen molar-refractivity contribution >= 4 is 11.9 Å². The van der Waals surface area contributed by atoms with Gasteiger partial charge in [-0.1, -0.05) is 12.1 Å². The smallest absolute Gasteiger partial charge is 0.416 e. The van der Waals surface area contributed by atoms with E-state index in [1.165, 1.54) is 26.4 Å². The van der Waals surface area contributed by atoms with E-state index in [2.05, 4.69) is 9.47 Å².